The van der Waals surface area contributed by atoms with Crippen molar-refractivity contribution in [3.05, 3.63) is 76.5 Å². The molecule has 1 aromatic heterocycles. The molecule has 15 nitrogen and oxygen atoms in total. The van der Waals surface area contributed by atoms with Gasteiger partial charge in [0.05, 0.1) is 13.0 Å². The molecule has 5 atom stereocenters. The lowest BCUT2D eigenvalue weighted by Gasteiger charge is -2.43. The number of aryl methyl sites for hydroxylation is 1. The number of nitrogens with zero attached hydrogens (tertiary/aromatic N) is 1. The molecule has 0 aliphatic carbocycles. The minimum absolute atomic E-state index is 0.0187. The summed E-state index contributed by atoms with van der Waals surface area (Å²) < 4.78 is 45.3. The molecule has 2 heterocycles. The van der Waals surface area contributed by atoms with Crippen LogP contribution in [0.3, 0.4) is 0 Å². The zero-order valence-electron chi connectivity index (χ0n) is 30.9. The molecule has 1 saturated heterocycles. The Hall–Kier alpha value is -5.44. The monoisotopic (exact) mass is 738 g/mol. The van der Waals surface area contributed by atoms with Gasteiger partial charge in [-0.1, -0.05) is 50.2 Å². The third-order valence-corrected chi connectivity index (χ3v) is 8.11. The lowest BCUT2D eigenvalue weighted by Crippen LogP contribution is -2.63. The van der Waals surface area contributed by atoms with Gasteiger partial charge in [0.2, 0.25) is 18.3 Å². The number of carbonyl (C=O) groups is 5. The molecule has 0 amide bonds. The van der Waals surface area contributed by atoms with Crippen molar-refractivity contribution in [2.45, 2.75) is 105 Å². The number of hydrogen-bond acceptors (Lipinski definition) is 14. The molecule has 53 heavy (non-hydrogen) atoms. The summed E-state index contributed by atoms with van der Waals surface area (Å²) in [7, 11) is 0. The van der Waals surface area contributed by atoms with Crippen LogP contribution >= 0.6 is 0 Å². The molecule has 2 aromatic carbocycles. The second kappa shape index (κ2) is 18.9. The number of nitrogens with one attached hydrogen (secondary N) is 1. The first-order chi connectivity index (χ1) is 25.2. The Bertz CT molecular complexity index is 1740. The number of carbonyl (C=O) groups excluding carboxylic acids is 5. The van der Waals surface area contributed by atoms with E-state index in [2.05, 4.69) is 10.2 Å². The molecule has 0 bridgehead atoms. The highest BCUT2D eigenvalue weighted by molar-refractivity contribution is 5.70. The van der Waals surface area contributed by atoms with Gasteiger partial charge in [0.25, 0.3) is 0 Å². The van der Waals surface area contributed by atoms with Crippen LogP contribution in [0.4, 0.5) is 0 Å². The van der Waals surface area contributed by atoms with Crippen LogP contribution in [0.15, 0.2) is 48.5 Å². The van der Waals surface area contributed by atoms with Gasteiger partial charge < -0.3 is 37.9 Å². The van der Waals surface area contributed by atoms with Gasteiger partial charge >= 0.3 is 29.8 Å². The third kappa shape index (κ3) is 11.8. The highest BCUT2D eigenvalue weighted by Gasteiger charge is 2.53. The smallest absolute Gasteiger partial charge is 0.309 e. The lowest BCUT2D eigenvalue weighted by molar-refractivity contribution is -0.289. The summed E-state index contributed by atoms with van der Waals surface area (Å²) in [5.74, 6) is -2.59. The van der Waals surface area contributed by atoms with Crippen LogP contribution in [0.1, 0.15) is 81.8 Å². The van der Waals surface area contributed by atoms with Crippen LogP contribution in [-0.4, -0.2) is 84.0 Å². The van der Waals surface area contributed by atoms with Crippen molar-refractivity contribution in [3.63, 3.8) is 0 Å². The molecule has 0 radical (unpaired) electrons. The zero-order chi connectivity index (χ0) is 38.7. The standard InChI is InChI=1S/C38H46N2O13/c1-21(2)33-30(18-28-13-14-29(17-22(28)3)46-16-15-32(45)48-19-27-11-9-8-10-12-27)37(40-39-33)53-38-36(51-26(7)44)35(50-25(6)43)34(49-24(5)42)31(52-38)20-47-23(4)41/h8-14,17,21,31,34-36,38H,15-16,18-20H2,1-7H3,(H,39,40)/t31-,34-,35+,36-,38+/m1/s1. The summed E-state index contributed by atoms with van der Waals surface area (Å²) in [5, 5.41) is 7.45. The fraction of sp³-hybridized carbons (Fsp3) is 0.474. The van der Waals surface area contributed by atoms with Crippen molar-refractivity contribution < 1.29 is 61.9 Å². The van der Waals surface area contributed by atoms with Gasteiger partial charge in [0.1, 0.15) is 25.1 Å². The maximum absolute atomic E-state index is 12.3. The predicted molar refractivity (Wildman–Crippen MR) is 186 cm³/mol. The van der Waals surface area contributed by atoms with Gasteiger partial charge in [0.15, 0.2) is 12.2 Å². The quantitative estimate of drug-likeness (QED) is 0.161. The average molecular weight is 739 g/mol. The molecule has 0 spiro atoms. The van der Waals surface area contributed by atoms with Gasteiger partial charge in [-0.05, 0) is 41.7 Å². The summed E-state index contributed by atoms with van der Waals surface area (Å²) >= 11 is 0. The number of ether oxygens (including phenoxy) is 8. The number of H-pyrrole nitrogens is 1. The van der Waals surface area contributed by atoms with E-state index in [4.69, 9.17) is 37.9 Å². The number of aromatic nitrogens is 2. The zero-order valence-corrected chi connectivity index (χ0v) is 30.9. The molecular formula is C38H46N2O13. The number of esters is 5. The average Bonchev–Trinajstić information content (AvgIpc) is 3.48. The summed E-state index contributed by atoms with van der Waals surface area (Å²) in [4.78, 5) is 60.6. The van der Waals surface area contributed by atoms with Crippen molar-refractivity contribution in [1.29, 1.82) is 0 Å². The Morgan fingerprint density at radius 1 is 0.830 bits per heavy atom. The predicted octanol–water partition coefficient (Wildman–Crippen LogP) is 4.41. The number of aromatic amines is 1. The first-order valence-corrected chi connectivity index (χ1v) is 17.2. The van der Waals surface area contributed by atoms with E-state index in [-0.39, 0.29) is 37.4 Å². The molecule has 3 aromatic rings. The molecule has 0 saturated carbocycles. The summed E-state index contributed by atoms with van der Waals surface area (Å²) in [6.07, 6.45) is -6.34. The van der Waals surface area contributed by atoms with E-state index in [0.29, 0.717) is 17.7 Å². The molecule has 0 unspecified atom stereocenters. The highest BCUT2D eigenvalue weighted by Crippen LogP contribution is 2.35. The largest absolute Gasteiger partial charge is 0.493 e. The molecule has 1 aliphatic rings. The topological polar surface area (TPSA) is 188 Å². The van der Waals surface area contributed by atoms with E-state index >= 15 is 0 Å². The van der Waals surface area contributed by atoms with Crippen LogP contribution in [0, 0.1) is 6.92 Å². The maximum Gasteiger partial charge on any atom is 0.309 e. The minimum Gasteiger partial charge on any atom is -0.493 e. The summed E-state index contributed by atoms with van der Waals surface area (Å²) in [5.41, 5.74) is 4.14. The van der Waals surface area contributed by atoms with Crippen LogP contribution in [-0.2, 0) is 65.4 Å². The second-order valence-electron chi connectivity index (χ2n) is 12.8. The Morgan fingerprint density at radius 3 is 2.11 bits per heavy atom. The van der Waals surface area contributed by atoms with E-state index < -0.39 is 61.2 Å². The fourth-order valence-electron chi connectivity index (χ4n) is 5.71. The van der Waals surface area contributed by atoms with Crippen molar-refractivity contribution >= 4 is 29.8 Å². The normalized spacial score (nSPS) is 19.5. The van der Waals surface area contributed by atoms with Gasteiger partial charge in [0, 0.05) is 45.4 Å². The van der Waals surface area contributed by atoms with Crippen LogP contribution < -0.4 is 9.47 Å². The van der Waals surface area contributed by atoms with Crippen LogP contribution in [0.5, 0.6) is 11.6 Å². The molecule has 1 N–H and O–H groups in total. The maximum atomic E-state index is 12.3. The number of hydrogen-bond donors (Lipinski definition) is 1. The Kier molecular flexibility index (Phi) is 14.4. The molecule has 4 rings (SSSR count). The van der Waals surface area contributed by atoms with E-state index in [9.17, 15) is 24.0 Å². The van der Waals surface area contributed by atoms with Gasteiger partial charge in [-0.3, -0.25) is 29.1 Å². The second-order valence-corrected chi connectivity index (χ2v) is 12.8. The van der Waals surface area contributed by atoms with E-state index in [1.54, 1.807) is 6.07 Å². The first-order valence-electron chi connectivity index (χ1n) is 17.2. The van der Waals surface area contributed by atoms with E-state index in [1.165, 1.54) is 6.92 Å². The highest BCUT2D eigenvalue weighted by atomic mass is 16.7. The van der Waals surface area contributed by atoms with E-state index in [0.717, 1.165) is 43.2 Å². The summed E-state index contributed by atoms with van der Waals surface area (Å²) in [6, 6.07) is 15.0. The number of benzene rings is 2. The van der Waals surface area contributed by atoms with Gasteiger partial charge in [-0.15, -0.1) is 5.10 Å². The molecule has 286 valence electrons. The third-order valence-electron chi connectivity index (χ3n) is 8.11. The van der Waals surface area contributed by atoms with Gasteiger partial charge in [-0.25, -0.2) is 0 Å². The SMILES string of the molecule is CC(=O)OC[C@H]1O[C@@H](Oc2n[nH]c(C(C)C)c2Cc2ccc(OCCC(=O)OCc3ccccc3)cc2C)[C@H](OC(C)=O)[C@@H](OC(C)=O)[C@@H]1OC(C)=O. The summed E-state index contributed by atoms with van der Waals surface area (Å²) in [6.45, 7) is 10.4. The Balaban J connectivity index is 1.54. The van der Waals surface area contributed by atoms with Crippen molar-refractivity contribution in [1.82, 2.24) is 10.2 Å². The van der Waals surface area contributed by atoms with Gasteiger partial charge in [-0.2, -0.15) is 0 Å². The molecular weight excluding hydrogens is 692 g/mol. The fourth-order valence-corrected chi connectivity index (χ4v) is 5.71. The van der Waals surface area contributed by atoms with Crippen LogP contribution in [0.25, 0.3) is 0 Å². The van der Waals surface area contributed by atoms with Crippen LogP contribution in [0.2, 0.25) is 0 Å². The van der Waals surface area contributed by atoms with Crippen molar-refractivity contribution in [2.24, 2.45) is 0 Å². The minimum atomic E-state index is -1.45. The molecule has 15 heteroatoms. The van der Waals surface area contributed by atoms with Crippen molar-refractivity contribution in [2.75, 3.05) is 13.2 Å². The van der Waals surface area contributed by atoms with E-state index in [1.807, 2.05) is 63.2 Å². The Morgan fingerprint density at radius 2 is 1.49 bits per heavy atom. The lowest BCUT2D eigenvalue weighted by atomic mass is 9.96. The number of rotatable bonds is 16. The van der Waals surface area contributed by atoms with Crippen molar-refractivity contribution in [3.8, 4) is 11.6 Å². The molecule has 1 aliphatic heterocycles. The molecule has 1 fully saturated rings. The Labute approximate surface area is 307 Å². The first kappa shape index (κ1) is 40.3.